The number of benzene rings is 3. The number of phenols is 1. The van der Waals surface area contributed by atoms with Crippen LogP contribution >= 0.6 is 0 Å². The van der Waals surface area contributed by atoms with Crippen LogP contribution in [-0.2, 0) is 4.79 Å². The Bertz CT molecular complexity index is 1130. The van der Waals surface area contributed by atoms with Crippen LogP contribution in [0.4, 0.5) is 5.69 Å². The van der Waals surface area contributed by atoms with Crippen LogP contribution in [0.5, 0.6) is 5.75 Å². The first-order valence-electron chi connectivity index (χ1n) is 8.85. The Morgan fingerprint density at radius 3 is 2.17 bits per heavy atom. The zero-order valence-corrected chi connectivity index (χ0v) is 15.2. The van der Waals surface area contributed by atoms with Crippen LogP contribution < -0.4 is 4.90 Å². The van der Waals surface area contributed by atoms with Crippen LogP contribution in [-0.4, -0.2) is 27.9 Å². The maximum absolute atomic E-state index is 13.1. The summed E-state index contributed by atoms with van der Waals surface area (Å²) in [5, 5.41) is 18.6. The number of aromatic carboxylic acids is 1. The summed E-state index contributed by atoms with van der Waals surface area (Å²) in [5.74, 6) is -0.733. The highest BCUT2D eigenvalue weighted by molar-refractivity contribution is 6.33. The lowest BCUT2D eigenvalue weighted by Crippen LogP contribution is -2.32. The second kappa shape index (κ2) is 7.44. The van der Waals surface area contributed by atoms with Gasteiger partial charge in [0.05, 0.1) is 11.3 Å². The summed E-state index contributed by atoms with van der Waals surface area (Å²) in [6.45, 7) is 0. The largest absolute Gasteiger partial charge is 0.508 e. The highest BCUT2D eigenvalue weighted by Crippen LogP contribution is 2.29. The molecule has 0 aliphatic carbocycles. The van der Waals surface area contributed by atoms with Crippen LogP contribution in [0.25, 0.3) is 6.08 Å². The number of carboxylic acid groups (broad SMARTS) is 1. The zero-order valence-electron chi connectivity index (χ0n) is 15.2. The standard InChI is InChI=1S/C23H16N2O4/c26-19-12-10-18(11-13-19)25-21(16-4-2-1-3-5-16)24-20(22(25)27)14-15-6-8-17(9-7-15)23(28)29/h1-14,26H,(H,28,29)/b20-14+. The average Bonchev–Trinajstić information content (AvgIpc) is 3.06. The molecule has 2 N–H and O–H groups in total. The van der Waals surface area contributed by atoms with Gasteiger partial charge in [-0.25, -0.2) is 9.79 Å². The number of aliphatic imine (C=N–C) groups is 1. The second-order valence-electron chi connectivity index (χ2n) is 6.42. The van der Waals surface area contributed by atoms with Gasteiger partial charge in [0.15, 0.2) is 0 Å². The molecule has 0 fully saturated rings. The van der Waals surface area contributed by atoms with E-state index in [0.29, 0.717) is 17.1 Å². The van der Waals surface area contributed by atoms with Crippen molar-refractivity contribution in [2.24, 2.45) is 4.99 Å². The summed E-state index contributed by atoms with van der Waals surface area (Å²) in [6, 6.07) is 21.9. The van der Waals surface area contributed by atoms with E-state index >= 15 is 0 Å². The molecule has 3 aromatic rings. The SMILES string of the molecule is O=C(O)c1ccc(/C=C2/N=C(c3ccccc3)N(c3ccc(O)cc3)C2=O)cc1. The third kappa shape index (κ3) is 3.64. The molecular formula is C23H16N2O4. The third-order valence-corrected chi connectivity index (χ3v) is 4.46. The van der Waals surface area contributed by atoms with E-state index in [-0.39, 0.29) is 22.9 Å². The summed E-state index contributed by atoms with van der Waals surface area (Å²) < 4.78 is 0. The molecule has 0 radical (unpaired) electrons. The molecule has 0 spiro atoms. The Labute approximate surface area is 166 Å². The van der Waals surface area contributed by atoms with E-state index in [9.17, 15) is 14.7 Å². The minimum atomic E-state index is -1.01. The van der Waals surface area contributed by atoms with Gasteiger partial charge in [-0.05, 0) is 48.0 Å². The van der Waals surface area contributed by atoms with Crippen molar-refractivity contribution in [3.8, 4) is 5.75 Å². The first kappa shape index (κ1) is 18.2. The first-order chi connectivity index (χ1) is 14.0. The van der Waals surface area contributed by atoms with Crippen LogP contribution in [0, 0.1) is 0 Å². The van der Waals surface area contributed by atoms with Crippen molar-refractivity contribution in [2.75, 3.05) is 4.90 Å². The highest BCUT2D eigenvalue weighted by Gasteiger charge is 2.32. The van der Waals surface area contributed by atoms with Gasteiger partial charge in [0.25, 0.3) is 5.91 Å². The lowest BCUT2D eigenvalue weighted by atomic mass is 10.1. The van der Waals surface area contributed by atoms with Crippen molar-refractivity contribution in [1.82, 2.24) is 0 Å². The summed E-state index contributed by atoms with van der Waals surface area (Å²) >= 11 is 0. The fourth-order valence-electron chi connectivity index (χ4n) is 3.02. The molecule has 6 heteroatoms. The molecule has 4 rings (SSSR count). The van der Waals surface area contributed by atoms with Crippen molar-refractivity contribution >= 4 is 29.5 Å². The molecule has 6 nitrogen and oxygen atoms in total. The Morgan fingerprint density at radius 2 is 1.55 bits per heavy atom. The molecule has 1 aliphatic heterocycles. The number of phenolic OH excluding ortho intramolecular Hbond substituents is 1. The van der Waals surface area contributed by atoms with Gasteiger partial charge in [-0.3, -0.25) is 9.69 Å². The monoisotopic (exact) mass is 384 g/mol. The topological polar surface area (TPSA) is 90.2 Å². The quantitative estimate of drug-likeness (QED) is 0.667. The molecule has 0 saturated heterocycles. The van der Waals surface area contributed by atoms with Gasteiger partial charge < -0.3 is 10.2 Å². The predicted molar refractivity (Wildman–Crippen MR) is 110 cm³/mol. The van der Waals surface area contributed by atoms with E-state index in [1.54, 1.807) is 30.3 Å². The van der Waals surface area contributed by atoms with Crippen LogP contribution in [0.1, 0.15) is 21.5 Å². The number of nitrogens with zero attached hydrogens (tertiary/aromatic N) is 2. The van der Waals surface area contributed by atoms with E-state index in [2.05, 4.69) is 4.99 Å². The normalized spacial score (nSPS) is 14.9. The molecule has 0 saturated carbocycles. The van der Waals surface area contributed by atoms with Gasteiger partial charge in [0.1, 0.15) is 17.3 Å². The number of hydrogen-bond donors (Lipinski definition) is 2. The lowest BCUT2D eigenvalue weighted by Gasteiger charge is -2.18. The van der Waals surface area contributed by atoms with Crippen LogP contribution in [0.3, 0.4) is 0 Å². The van der Waals surface area contributed by atoms with E-state index in [1.165, 1.54) is 29.2 Å². The predicted octanol–water partition coefficient (Wildman–Crippen LogP) is 3.92. The van der Waals surface area contributed by atoms with Gasteiger partial charge in [-0.1, -0.05) is 42.5 Å². The van der Waals surface area contributed by atoms with E-state index < -0.39 is 5.97 Å². The van der Waals surface area contributed by atoms with Crippen molar-refractivity contribution in [3.05, 3.63) is 101 Å². The van der Waals surface area contributed by atoms with E-state index in [1.807, 2.05) is 30.3 Å². The summed E-state index contributed by atoms with van der Waals surface area (Å²) in [7, 11) is 0. The number of carbonyl (C=O) groups excluding carboxylic acids is 1. The second-order valence-corrected chi connectivity index (χ2v) is 6.42. The molecule has 3 aromatic carbocycles. The molecule has 0 unspecified atom stereocenters. The number of amides is 1. The minimum absolute atomic E-state index is 0.105. The van der Waals surface area contributed by atoms with Gasteiger partial charge in [-0.2, -0.15) is 0 Å². The van der Waals surface area contributed by atoms with Crippen molar-refractivity contribution in [2.45, 2.75) is 0 Å². The molecule has 0 aromatic heterocycles. The Hall–Kier alpha value is -4.19. The molecule has 0 bridgehead atoms. The number of anilines is 1. The smallest absolute Gasteiger partial charge is 0.335 e. The van der Waals surface area contributed by atoms with Crippen molar-refractivity contribution < 1.29 is 19.8 Å². The highest BCUT2D eigenvalue weighted by atomic mass is 16.4. The van der Waals surface area contributed by atoms with Gasteiger partial charge in [0.2, 0.25) is 0 Å². The number of carbonyl (C=O) groups is 2. The fourth-order valence-corrected chi connectivity index (χ4v) is 3.02. The molecule has 0 atom stereocenters. The third-order valence-electron chi connectivity index (χ3n) is 4.46. The Morgan fingerprint density at radius 1 is 0.897 bits per heavy atom. The van der Waals surface area contributed by atoms with Gasteiger partial charge >= 0.3 is 5.97 Å². The molecule has 1 aliphatic rings. The van der Waals surface area contributed by atoms with Crippen molar-refractivity contribution in [3.63, 3.8) is 0 Å². The first-order valence-corrected chi connectivity index (χ1v) is 8.85. The van der Waals surface area contributed by atoms with Crippen molar-refractivity contribution in [1.29, 1.82) is 0 Å². The molecule has 29 heavy (non-hydrogen) atoms. The number of rotatable bonds is 4. The number of aromatic hydroxyl groups is 1. The Balaban J connectivity index is 1.77. The van der Waals surface area contributed by atoms with E-state index in [4.69, 9.17) is 5.11 Å². The van der Waals surface area contributed by atoms with E-state index in [0.717, 1.165) is 5.56 Å². The summed E-state index contributed by atoms with van der Waals surface area (Å²) in [4.78, 5) is 30.2. The maximum Gasteiger partial charge on any atom is 0.335 e. The molecule has 1 amide bonds. The Kier molecular flexibility index (Phi) is 4.66. The van der Waals surface area contributed by atoms with Gasteiger partial charge in [-0.15, -0.1) is 0 Å². The molecular weight excluding hydrogens is 368 g/mol. The lowest BCUT2D eigenvalue weighted by molar-refractivity contribution is -0.113. The minimum Gasteiger partial charge on any atom is -0.508 e. The molecule has 1 heterocycles. The zero-order chi connectivity index (χ0) is 20.4. The fraction of sp³-hybridized carbons (Fsp3) is 0. The average molecular weight is 384 g/mol. The number of hydrogen-bond acceptors (Lipinski definition) is 4. The summed E-state index contributed by atoms with van der Waals surface area (Å²) in [6.07, 6.45) is 1.62. The number of carboxylic acids is 1. The van der Waals surface area contributed by atoms with Crippen LogP contribution in [0.15, 0.2) is 89.6 Å². The molecule has 142 valence electrons. The van der Waals surface area contributed by atoms with Gasteiger partial charge in [0, 0.05) is 5.56 Å². The number of amidine groups is 1. The summed E-state index contributed by atoms with van der Waals surface area (Å²) in [5.41, 5.74) is 2.43. The maximum atomic E-state index is 13.1. The van der Waals surface area contributed by atoms with Crippen LogP contribution in [0.2, 0.25) is 0 Å².